The van der Waals surface area contributed by atoms with E-state index in [1.807, 2.05) is 18.5 Å². The van der Waals surface area contributed by atoms with Crippen molar-refractivity contribution in [2.45, 2.75) is 31.3 Å². The van der Waals surface area contributed by atoms with Crippen molar-refractivity contribution in [3.8, 4) is 0 Å². The molecular formula is C22H24N4. The second-order valence-electron chi connectivity index (χ2n) is 7.48. The molecule has 132 valence electrons. The van der Waals surface area contributed by atoms with E-state index >= 15 is 0 Å². The molecule has 1 N–H and O–H groups in total. The lowest BCUT2D eigenvalue weighted by molar-refractivity contribution is 0.580. The lowest BCUT2D eigenvalue weighted by Crippen LogP contribution is -2.43. The molecule has 3 aliphatic rings. The van der Waals surface area contributed by atoms with Gasteiger partial charge in [0.05, 0.1) is 5.71 Å². The highest BCUT2D eigenvalue weighted by atomic mass is 15.3. The molecule has 2 bridgehead atoms. The van der Waals surface area contributed by atoms with Crippen molar-refractivity contribution in [2.24, 2.45) is 4.99 Å². The summed E-state index contributed by atoms with van der Waals surface area (Å²) in [5.74, 6) is 0. The number of pyridine rings is 1. The minimum Gasteiger partial charge on any atom is -0.366 e. The maximum atomic E-state index is 4.78. The SMILES string of the molecule is C(=C1CCCN=C1c1cccnc1)c1ccc(N2C[C@@H]3C[C@H]2CN3)cc1. The summed E-state index contributed by atoms with van der Waals surface area (Å²) in [6, 6.07) is 14.5. The highest BCUT2D eigenvalue weighted by Crippen LogP contribution is 2.30. The summed E-state index contributed by atoms with van der Waals surface area (Å²) in [5, 5.41) is 3.57. The van der Waals surface area contributed by atoms with Crippen LogP contribution in [0.15, 0.2) is 59.4 Å². The van der Waals surface area contributed by atoms with E-state index in [1.54, 1.807) is 0 Å². The van der Waals surface area contributed by atoms with Gasteiger partial charge in [0, 0.05) is 55.4 Å². The summed E-state index contributed by atoms with van der Waals surface area (Å²) < 4.78 is 0. The standard InChI is InChI=1S/C22H24N4/c1-4-18(13-23-9-1)22-17(3-2-10-24-22)11-16-5-7-20(8-6-16)26-15-19-12-21(26)14-25-19/h1,4-9,11,13,19,21,25H,2-3,10,12,14-15H2/t19-,21-/m0/s1. The molecule has 0 unspecified atom stereocenters. The zero-order valence-corrected chi connectivity index (χ0v) is 14.9. The third-order valence-electron chi connectivity index (χ3n) is 5.74. The number of aliphatic imine (C=N–C) groups is 1. The van der Waals surface area contributed by atoms with Gasteiger partial charge in [0.1, 0.15) is 0 Å². The number of fused-ring (bicyclic) bond motifs is 2. The summed E-state index contributed by atoms with van der Waals surface area (Å²) in [6.45, 7) is 3.18. The smallest absolute Gasteiger partial charge is 0.0694 e. The fourth-order valence-corrected chi connectivity index (χ4v) is 4.44. The minimum atomic E-state index is 0.673. The molecule has 0 radical (unpaired) electrons. The van der Waals surface area contributed by atoms with Crippen molar-refractivity contribution < 1.29 is 0 Å². The molecule has 2 aromatic rings. The molecule has 3 aliphatic heterocycles. The van der Waals surface area contributed by atoms with E-state index in [1.165, 1.54) is 23.2 Å². The van der Waals surface area contributed by atoms with Gasteiger partial charge >= 0.3 is 0 Å². The minimum absolute atomic E-state index is 0.673. The number of benzene rings is 1. The molecule has 1 aromatic carbocycles. The molecule has 26 heavy (non-hydrogen) atoms. The Morgan fingerprint density at radius 2 is 2.08 bits per heavy atom. The fourth-order valence-electron chi connectivity index (χ4n) is 4.44. The van der Waals surface area contributed by atoms with E-state index in [-0.39, 0.29) is 0 Å². The third kappa shape index (κ3) is 2.95. The molecule has 4 nitrogen and oxygen atoms in total. The highest BCUT2D eigenvalue weighted by Gasteiger charge is 2.37. The van der Waals surface area contributed by atoms with Crippen LogP contribution in [0.25, 0.3) is 6.08 Å². The van der Waals surface area contributed by atoms with Crippen molar-refractivity contribution in [1.29, 1.82) is 0 Å². The number of rotatable bonds is 3. The van der Waals surface area contributed by atoms with Gasteiger partial charge in [-0.2, -0.15) is 0 Å². The fraction of sp³-hybridized carbons (Fsp3) is 0.364. The first kappa shape index (κ1) is 15.8. The maximum absolute atomic E-state index is 4.78. The van der Waals surface area contributed by atoms with E-state index in [0.29, 0.717) is 12.1 Å². The Kier molecular flexibility index (Phi) is 4.06. The Hall–Kier alpha value is -2.46. The molecule has 4 heterocycles. The average molecular weight is 344 g/mol. The molecule has 5 rings (SSSR count). The monoisotopic (exact) mass is 344 g/mol. The lowest BCUT2D eigenvalue weighted by atomic mass is 9.95. The number of nitrogens with one attached hydrogen (secondary N) is 1. The summed E-state index contributed by atoms with van der Waals surface area (Å²) in [5.41, 5.74) is 6.16. The molecule has 2 saturated heterocycles. The van der Waals surface area contributed by atoms with Crippen LogP contribution in [0.3, 0.4) is 0 Å². The van der Waals surface area contributed by atoms with Crippen LogP contribution < -0.4 is 10.2 Å². The van der Waals surface area contributed by atoms with Gasteiger partial charge in [0.2, 0.25) is 0 Å². The zero-order valence-electron chi connectivity index (χ0n) is 14.9. The van der Waals surface area contributed by atoms with Crippen LogP contribution in [0.4, 0.5) is 5.69 Å². The normalized spacial score (nSPS) is 26.4. The van der Waals surface area contributed by atoms with Crippen molar-refractivity contribution in [1.82, 2.24) is 10.3 Å². The number of nitrogens with zero attached hydrogens (tertiary/aromatic N) is 3. The first-order valence-corrected chi connectivity index (χ1v) is 9.63. The number of hydrogen-bond acceptors (Lipinski definition) is 4. The van der Waals surface area contributed by atoms with Gasteiger partial charge in [-0.05, 0) is 60.7 Å². The van der Waals surface area contributed by atoms with Crippen LogP contribution in [0.1, 0.15) is 30.4 Å². The first-order chi connectivity index (χ1) is 12.9. The summed E-state index contributed by atoms with van der Waals surface area (Å²) in [6.07, 6.45) is 9.52. The first-order valence-electron chi connectivity index (χ1n) is 9.63. The van der Waals surface area contributed by atoms with Crippen molar-refractivity contribution in [2.75, 3.05) is 24.5 Å². The Morgan fingerprint density at radius 1 is 1.15 bits per heavy atom. The van der Waals surface area contributed by atoms with Gasteiger partial charge in [-0.1, -0.05) is 12.1 Å². The maximum Gasteiger partial charge on any atom is 0.0694 e. The van der Waals surface area contributed by atoms with Crippen LogP contribution >= 0.6 is 0 Å². The lowest BCUT2D eigenvalue weighted by Gasteiger charge is -2.29. The predicted molar refractivity (Wildman–Crippen MR) is 107 cm³/mol. The molecule has 0 spiro atoms. The molecule has 2 fully saturated rings. The van der Waals surface area contributed by atoms with E-state index in [4.69, 9.17) is 4.99 Å². The van der Waals surface area contributed by atoms with Crippen LogP contribution in [0.5, 0.6) is 0 Å². The molecule has 1 aromatic heterocycles. The van der Waals surface area contributed by atoms with Gasteiger partial charge in [0.25, 0.3) is 0 Å². The van der Waals surface area contributed by atoms with Crippen LogP contribution in [-0.2, 0) is 0 Å². The topological polar surface area (TPSA) is 40.5 Å². The predicted octanol–water partition coefficient (Wildman–Crippen LogP) is 3.30. The number of anilines is 1. The highest BCUT2D eigenvalue weighted by molar-refractivity contribution is 6.15. The van der Waals surface area contributed by atoms with Crippen LogP contribution in [0.2, 0.25) is 0 Å². The molecule has 0 saturated carbocycles. The van der Waals surface area contributed by atoms with Crippen molar-refractivity contribution in [3.05, 3.63) is 65.5 Å². The van der Waals surface area contributed by atoms with Crippen molar-refractivity contribution >= 4 is 17.5 Å². The number of piperazine rings is 1. The Bertz CT molecular complexity index is 838. The summed E-state index contributed by atoms with van der Waals surface area (Å²) in [7, 11) is 0. The van der Waals surface area contributed by atoms with E-state index in [0.717, 1.165) is 43.8 Å². The van der Waals surface area contributed by atoms with Gasteiger partial charge in [-0.3, -0.25) is 9.98 Å². The van der Waals surface area contributed by atoms with Crippen LogP contribution in [-0.4, -0.2) is 42.4 Å². The Morgan fingerprint density at radius 3 is 2.81 bits per heavy atom. The summed E-state index contributed by atoms with van der Waals surface area (Å²) >= 11 is 0. The van der Waals surface area contributed by atoms with E-state index in [9.17, 15) is 0 Å². The quantitative estimate of drug-likeness (QED) is 0.929. The molecule has 2 atom stereocenters. The number of allylic oxidation sites excluding steroid dienone is 1. The molecule has 0 amide bonds. The van der Waals surface area contributed by atoms with Gasteiger partial charge in [0.15, 0.2) is 0 Å². The summed E-state index contributed by atoms with van der Waals surface area (Å²) in [4.78, 5) is 11.6. The van der Waals surface area contributed by atoms with Crippen molar-refractivity contribution in [3.63, 3.8) is 0 Å². The molecular weight excluding hydrogens is 320 g/mol. The van der Waals surface area contributed by atoms with E-state index < -0.39 is 0 Å². The third-order valence-corrected chi connectivity index (χ3v) is 5.74. The molecule has 0 aliphatic carbocycles. The Labute approximate surface area is 154 Å². The number of aromatic nitrogens is 1. The largest absolute Gasteiger partial charge is 0.366 e. The molecule has 4 heteroatoms. The Balaban J connectivity index is 1.39. The van der Waals surface area contributed by atoms with Gasteiger partial charge < -0.3 is 10.2 Å². The van der Waals surface area contributed by atoms with Crippen LogP contribution in [0, 0.1) is 0 Å². The number of hydrogen-bond donors (Lipinski definition) is 1. The van der Waals surface area contributed by atoms with Gasteiger partial charge in [-0.25, -0.2) is 0 Å². The van der Waals surface area contributed by atoms with E-state index in [2.05, 4.69) is 51.6 Å². The zero-order chi connectivity index (χ0) is 17.3. The van der Waals surface area contributed by atoms with Gasteiger partial charge in [-0.15, -0.1) is 0 Å². The average Bonchev–Trinajstić information content (AvgIpc) is 3.33. The second-order valence-corrected chi connectivity index (χ2v) is 7.48. The second kappa shape index (κ2) is 6.69.